The van der Waals surface area contributed by atoms with Gasteiger partial charge in [-0.3, -0.25) is 9.59 Å². The van der Waals surface area contributed by atoms with E-state index in [0.717, 1.165) is 0 Å². The van der Waals surface area contributed by atoms with Gasteiger partial charge in [-0.15, -0.1) is 0 Å². The minimum Gasteiger partial charge on any atom is -0.354 e. The second-order valence-corrected chi connectivity index (χ2v) is 5.14. The van der Waals surface area contributed by atoms with Crippen molar-refractivity contribution in [2.75, 3.05) is 18.4 Å². The molecule has 0 aliphatic rings. The van der Waals surface area contributed by atoms with Crippen LogP contribution in [0.4, 0.5) is 5.69 Å². The molecular formula is C14H20ClN3O2. The number of hydrogen-bond donors (Lipinski definition) is 3. The van der Waals surface area contributed by atoms with Crippen molar-refractivity contribution in [3.63, 3.8) is 0 Å². The Hall–Kier alpha value is -1.59. The predicted molar refractivity (Wildman–Crippen MR) is 80.8 cm³/mol. The van der Waals surface area contributed by atoms with Gasteiger partial charge >= 0.3 is 0 Å². The molecule has 1 aromatic carbocycles. The summed E-state index contributed by atoms with van der Waals surface area (Å²) in [5.74, 6) is -0.179. The Labute approximate surface area is 124 Å². The lowest BCUT2D eigenvalue weighted by atomic mass is 10.3. The van der Waals surface area contributed by atoms with E-state index in [-0.39, 0.29) is 24.4 Å². The quantitative estimate of drug-likeness (QED) is 0.672. The molecule has 2 amide bonds. The summed E-state index contributed by atoms with van der Waals surface area (Å²) < 4.78 is 0. The first-order chi connectivity index (χ1) is 9.47. The maximum Gasteiger partial charge on any atom is 0.238 e. The fourth-order valence-corrected chi connectivity index (χ4v) is 1.66. The van der Waals surface area contributed by atoms with Crippen molar-refractivity contribution in [3.05, 3.63) is 29.3 Å². The zero-order valence-corrected chi connectivity index (χ0v) is 12.5. The van der Waals surface area contributed by atoms with E-state index in [1.54, 1.807) is 24.3 Å². The smallest absolute Gasteiger partial charge is 0.238 e. The van der Waals surface area contributed by atoms with Crippen LogP contribution >= 0.6 is 11.6 Å². The molecule has 0 aliphatic carbocycles. The number of benzene rings is 1. The number of carbonyl (C=O) groups is 2. The van der Waals surface area contributed by atoms with E-state index >= 15 is 0 Å². The Morgan fingerprint density at radius 2 is 1.80 bits per heavy atom. The van der Waals surface area contributed by atoms with Crippen molar-refractivity contribution < 1.29 is 9.59 Å². The van der Waals surface area contributed by atoms with E-state index in [1.165, 1.54) is 0 Å². The molecule has 0 fully saturated rings. The summed E-state index contributed by atoms with van der Waals surface area (Å²) in [7, 11) is 0. The van der Waals surface area contributed by atoms with Crippen LogP contribution in [0, 0.1) is 0 Å². The molecule has 0 heterocycles. The second-order valence-electron chi connectivity index (χ2n) is 4.70. The lowest BCUT2D eigenvalue weighted by molar-refractivity contribution is -0.121. The van der Waals surface area contributed by atoms with Gasteiger partial charge in [0.1, 0.15) is 0 Å². The van der Waals surface area contributed by atoms with Gasteiger partial charge in [-0.2, -0.15) is 0 Å². The molecule has 3 N–H and O–H groups in total. The number of anilines is 1. The maximum absolute atomic E-state index is 11.6. The summed E-state index contributed by atoms with van der Waals surface area (Å²) in [6, 6.07) is 7.02. The number of halogens is 1. The molecular weight excluding hydrogens is 278 g/mol. The highest BCUT2D eigenvalue weighted by Gasteiger charge is 2.04. The normalized spacial score (nSPS) is 10.4. The summed E-state index contributed by atoms with van der Waals surface area (Å²) in [4.78, 5) is 23.0. The Kier molecular flexibility index (Phi) is 7.04. The fraction of sp³-hybridized carbons (Fsp3) is 0.429. The Morgan fingerprint density at radius 1 is 1.15 bits per heavy atom. The third-order valence-corrected chi connectivity index (χ3v) is 2.64. The molecule has 20 heavy (non-hydrogen) atoms. The molecule has 1 aromatic rings. The monoisotopic (exact) mass is 297 g/mol. The molecule has 0 aliphatic heterocycles. The SMILES string of the molecule is CC(C)NC(=O)CCNCC(=O)Nc1ccc(Cl)cc1. The third-order valence-electron chi connectivity index (χ3n) is 2.39. The van der Waals surface area contributed by atoms with Gasteiger partial charge in [0, 0.05) is 29.7 Å². The standard InChI is InChI=1S/C14H20ClN3O2/c1-10(2)17-13(19)7-8-16-9-14(20)18-12-5-3-11(15)4-6-12/h3-6,10,16H,7-9H2,1-2H3,(H,17,19)(H,18,20). The van der Waals surface area contributed by atoms with Crippen LogP contribution < -0.4 is 16.0 Å². The van der Waals surface area contributed by atoms with E-state index in [9.17, 15) is 9.59 Å². The summed E-state index contributed by atoms with van der Waals surface area (Å²) >= 11 is 5.75. The van der Waals surface area contributed by atoms with E-state index in [4.69, 9.17) is 11.6 Å². The highest BCUT2D eigenvalue weighted by molar-refractivity contribution is 6.30. The van der Waals surface area contributed by atoms with Crippen LogP contribution in [0.2, 0.25) is 5.02 Å². The average Bonchev–Trinajstić information content (AvgIpc) is 2.37. The maximum atomic E-state index is 11.6. The first-order valence-corrected chi connectivity index (χ1v) is 6.90. The second kappa shape index (κ2) is 8.55. The third kappa shape index (κ3) is 7.11. The molecule has 1 rings (SSSR count). The van der Waals surface area contributed by atoms with Crippen molar-refractivity contribution in [1.29, 1.82) is 0 Å². The molecule has 0 aromatic heterocycles. The highest BCUT2D eigenvalue weighted by Crippen LogP contribution is 2.12. The number of amides is 2. The minimum absolute atomic E-state index is 0.0226. The summed E-state index contributed by atoms with van der Waals surface area (Å²) in [5.41, 5.74) is 0.693. The molecule has 0 unspecified atom stereocenters. The fourth-order valence-electron chi connectivity index (χ4n) is 1.54. The summed E-state index contributed by atoms with van der Waals surface area (Å²) in [6.45, 7) is 4.44. The van der Waals surface area contributed by atoms with Gasteiger partial charge in [-0.25, -0.2) is 0 Å². The molecule has 110 valence electrons. The molecule has 0 saturated heterocycles. The van der Waals surface area contributed by atoms with Gasteiger partial charge in [0.25, 0.3) is 0 Å². The van der Waals surface area contributed by atoms with Crippen molar-refractivity contribution in [2.24, 2.45) is 0 Å². The molecule has 0 atom stereocenters. The Morgan fingerprint density at radius 3 is 2.40 bits per heavy atom. The molecule has 5 nitrogen and oxygen atoms in total. The molecule has 0 spiro atoms. The lowest BCUT2D eigenvalue weighted by Crippen LogP contribution is -2.34. The van der Waals surface area contributed by atoms with Gasteiger partial charge in [-0.1, -0.05) is 11.6 Å². The Bertz CT molecular complexity index is 446. The first-order valence-electron chi connectivity index (χ1n) is 6.53. The highest BCUT2D eigenvalue weighted by atomic mass is 35.5. The average molecular weight is 298 g/mol. The zero-order valence-electron chi connectivity index (χ0n) is 11.7. The van der Waals surface area contributed by atoms with Crippen LogP contribution in [0.25, 0.3) is 0 Å². The van der Waals surface area contributed by atoms with Gasteiger partial charge in [0.15, 0.2) is 0 Å². The van der Waals surface area contributed by atoms with Gasteiger partial charge in [0.05, 0.1) is 6.54 Å². The van der Waals surface area contributed by atoms with Gasteiger partial charge in [-0.05, 0) is 38.1 Å². The van der Waals surface area contributed by atoms with Crippen molar-refractivity contribution >= 4 is 29.1 Å². The molecule has 0 bridgehead atoms. The zero-order chi connectivity index (χ0) is 15.0. The van der Waals surface area contributed by atoms with Gasteiger partial charge in [0.2, 0.25) is 11.8 Å². The first kappa shape index (κ1) is 16.5. The summed E-state index contributed by atoms with van der Waals surface area (Å²) in [6.07, 6.45) is 0.354. The minimum atomic E-state index is -0.156. The molecule has 6 heteroatoms. The Balaban J connectivity index is 2.17. The van der Waals surface area contributed by atoms with E-state index in [0.29, 0.717) is 23.7 Å². The van der Waals surface area contributed by atoms with E-state index in [2.05, 4.69) is 16.0 Å². The number of rotatable bonds is 7. The largest absolute Gasteiger partial charge is 0.354 e. The topological polar surface area (TPSA) is 70.2 Å². The van der Waals surface area contributed by atoms with Crippen LogP contribution in [0.5, 0.6) is 0 Å². The van der Waals surface area contributed by atoms with E-state index < -0.39 is 0 Å². The predicted octanol–water partition coefficient (Wildman–Crippen LogP) is 1.78. The van der Waals surface area contributed by atoms with Crippen molar-refractivity contribution in [3.8, 4) is 0 Å². The van der Waals surface area contributed by atoms with Crippen LogP contribution in [0.1, 0.15) is 20.3 Å². The van der Waals surface area contributed by atoms with Crippen molar-refractivity contribution in [2.45, 2.75) is 26.3 Å². The summed E-state index contributed by atoms with van der Waals surface area (Å²) in [5, 5.41) is 9.06. The van der Waals surface area contributed by atoms with Crippen LogP contribution in [0.15, 0.2) is 24.3 Å². The molecule has 0 saturated carbocycles. The number of carbonyl (C=O) groups excluding carboxylic acids is 2. The van der Waals surface area contributed by atoms with Gasteiger partial charge < -0.3 is 16.0 Å². The van der Waals surface area contributed by atoms with Crippen LogP contribution in [0.3, 0.4) is 0 Å². The van der Waals surface area contributed by atoms with E-state index in [1.807, 2.05) is 13.8 Å². The van der Waals surface area contributed by atoms with Crippen LogP contribution in [-0.2, 0) is 9.59 Å². The lowest BCUT2D eigenvalue weighted by Gasteiger charge is -2.09. The van der Waals surface area contributed by atoms with Crippen molar-refractivity contribution in [1.82, 2.24) is 10.6 Å². The number of nitrogens with one attached hydrogen (secondary N) is 3. The van der Waals surface area contributed by atoms with Crippen LogP contribution in [-0.4, -0.2) is 30.9 Å². The number of hydrogen-bond acceptors (Lipinski definition) is 3. The molecule has 0 radical (unpaired) electrons.